The molecule has 2 aromatic heterocycles. The van der Waals surface area contributed by atoms with E-state index in [1.54, 1.807) is 17.0 Å². The Bertz CT molecular complexity index is 770. The third-order valence-electron chi connectivity index (χ3n) is 3.23. The second-order valence-corrected chi connectivity index (χ2v) is 4.92. The Morgan fingerprint density at radius 1 is 1.17 bits per heavy atom. The van der Waals surface area contributed by atoms with Crippen LogP contribution in [0.3, 0.4) is 0 Å². The van der Waals surface area contributed by atoms with Crippen LogP contribution >= 0.6 is 0 Å². The van der Waals surface area contributed by atoms with Crippen LogP contribution in [0.1, 0.15) is 0 Å². The van der Waals surface area contributed by atoms with E-state index in [2.05, 4.69) is 15.5 Å². The van der Waals surface area contributed by atoms with Crippen LogP contribution < -0.4 is 10.2 Å². The summed E-state index contributed by atoms with van der Waals surface area (Å²) < 4.78 is 10.5. The zero-order valence-electron chi connectivity index (χ0n) is 12.8. The van der Waals surface area contributed by atoms with Crippen molar-refractivity contribution in [3.8, 4) is 11.7 Å². The molecule has 3 aromatic rings. The van der Waals surface area contributed by atoms with E-state index in [0.717, 1.165) is 5.69 Å². The number of furan rings is 1. The molecule has 8 nitrogen and oxygen atoms in total. The average molecular weight is 328 g/mol. The highest BCUT2D eigenvalue weighted by Crippen LogP contribution is 2.20. The first-order valence-corrected chi connectivity index (χ1v) is 7.34. The minimum Gasteiger partial charge on any atom is -0.459 e. The fourth-order valence-electron chi connectivity index (χ4n) is 2.16. The molecule has 0 saturated heterocycles. The minimum atomic E-state index is -0.332. The number of amides is 1. The van der Waals surface area contributed by atoms with Crippen LogP contribution in [0.2, 0.25) is 0 Å². The van der Waals surface area contributed by atoms with Gasteiger partial charge in [-0.1, -0.05) is 23.3 Å². The van der Waals surface area contributed by atoms with Crippen LogP contribution in [0.15, 0.2) is 57.6 Å². The molecule has 1 amide bonds. The number of para-hydroxylation sites is 1. The van der Waals surface area contributed by atoms with E-state index in [0.29, 0.717) is 12.3 Å². The van der Waals surface area contributed by atoms with Gasteiger partial charge in [0, 0.05) is 12.2 Å². The second-order valence-electron chi connectivity index (χ2n) is 4.92. The molecule has 0 radical (unpaired) electrons. The van der Waals surface area contributed by atoms with Crippen LogP contribution in [0.5, 0.6) is 0 Å². The topological polar surface area (TPSA) is 105 Å². The molecule has 0 aliphatic rings. The molecule has 124 valence electrons. The molecule has 0 saturated carbocycles. The van der Waals surface area contributed by atoms with Gasteiger partial charge in [0.2, 0.25) is 5.91 Å². The maximum absolute atomic E-state index is 12.2. The van der Waals surface area contributed by atoms with Crippen molar-refractivity contribution in [2.45, 2.75) is 0 Å². The molecule has 2 heterocycles. The number of aromatic nitrogens is 2. The molecule has 8 heteroatoms. The van der Waals surface area contributed by atoms with Crippen molar-refractivity contribution in [1.29, 1.82) is 0 Å². The van der Waals surface area contributed by atoms with Gasteiger partial charge in [0.25, 0.3) is 5.89 Å². The van der Waals surface area contributed by atoms with Crippen LogP contribution in [-0.2, 0) is 4.79 Å². The first kappa shape index (κ1) is 15.8. The number of rotatable bonds is 7. The Balaban J connectivity index is 1.64. The molecule has 0 bridgehead atoms. The van der Waals surface area contributed by atoms with Gasteiger partial charge >= 0.3 is 6.01 Å². The quantitative estimate of drug-likeness (QED) is 0.681. The summed E-state index contributed by atoms with van der Waals surface area (Å²) in [6, 6.07) is 12.7. The van der Waals surface area contributed by atoms with Gasteiger partial charge in [-0.2, -0.15) is 0 Å². The van der Waals surface area contributed by atoms with E-state index in [-0.39, 0.29) is 31.0 Å². The molecule has 3 rings (SSSR count). The number of hydrogen-bond acceptors (Lipinski definition) is 7. The number of nitrogens with one attached hydrogen (secondary N) is 1. The fraction of sp³-hybridized carbons (Fsp3) is 0.188. The molecule has 0 spiro atoms. The maximum Gasteiger partial charge on any atom is 0.322 e. The third kappa shape index (κ3) is 3.79. The summed E-state index contributed by atoms with van der Waals surface area (Å²) in [6.07, 6.45) is 1.49. The Hall–Kier alpha value is -3.13. The first-order valence-electron chi connectivity index (χ1n) is 7.34. The zero-order valence-corrected chi connectivity index (χ0v) is 12.8. The maximum atomic E-state index is 12.2. The molecular formula is C16H16N4O4. The van der Waals surface area contributed by atoms with Gasteiger partial charge in [0.1, 0.15) is 0 Å². The van der Waals surface area contributed by atoms with E-state index >= 15 is 0 Å². The Morgan fingerprint density at radius 2 is 2.00 bits per heavy atom. The van der Waals surface area contributed by atoms with Crippen molar-refractivity contribution in [3.05, 3.63) is 48.7 Å². The first-order chi connectivity index (χ1) is 11.8. The molecule has 0 fully saturated rings. The highest BCUT2D eigenvalue weighted by molar-refractivity contribution is 5.92. The third-order valence-corrected chi connectivity index (χ3v) is 3.23. The van der Waals surface area contributed by atoms with E-state index < -0.39 is 0 Å². The largest absolute Gasteiger partial charge is 0.459 e. The lowest BCUT2D eigenvalue weighted by Gasteiger charge is -2.22. The van der Waals surface area contributed by atoms with Crippen molar-refractivity contribution in [1.82, 2.24) is 10.2 Å². The number of carbonyl (C=O) groups excluding carboxylic acids is 1. The van der Waals surface area contributed by atoms with Crippen molar-refractivity contribution >= 4 is 17.6 Å². The minimum absolute atomic E-state index is 0.0107. The molecule has 1 aromatic carbocycles. The summed E-state index contributed by atoms with van der Waals surface area (Å²) in [5.74, 6) is 0.279. The number of benzene rings is 1. The lowest BCUT2D eigenvalue weighted by Crippen LogP contribution is -2.35. The number of aliphatic hydroxyl groups excluding tert-OH is 1. The van der Waals surface area contributed by atoms with E-state index in [1.807, 2.05) is 30.3 Å². The summed E-state index contributed by atoms with van der Waals surface area (Å²) in [5, 5.41) is 19.3. The summed E-state index contributed by atoms with van der Waals surface area (Å²) in [7, 11) is 0. The zero-order chi connectivity index (χ0) is 16.8. The van der Waals surface area contributed by atoms with Crippen molar-refractivity contribution in [3.63, 3.8) is 0 Å². The summed E-state index contributed by atoms with van der Waals surface area (Å²) in [6.45, 7) is 0.313. The second kappa shape index (κ2) is 7.42. The number of aliphatic hydroxyl groups is 1. The van der Waals surface area contributed by atoms with Gasteiger partial charge in [-0.25, -0.2) is 0 Å². The molecule has 0 aliphatic heterocycles. The van der Waals surface area contributed by atoms with Gasteiger partial charge in [0.05, 0.1) is 19.4 Å². The Morgan fingerprint density at radius 3 is 2.71 bits per heavy atom. The predicted octanol–water partition coefficient (Wildman–Crippen LogP) is 1.77. The monoisotopic (exact) mass is 328 g/mol. The summed E-state index contributed by atoms with van der Waals surface area (Å²) in [4.78, 5) is 13.9. The van der Waals surface area contributed by atoms with E-state index in [4.69, 9.17) is 8.83 Å². The Kier molecular flexibility index (Phi) is 4.87. The smallest absolute Gasteiger partial charge is 0.322 e. The van der Waals surface area contributed by atoms with Gasteiger partial charge in [-0.3, -0.25) is 10.1 Å². The fourth-order valence-corrected chi connectivity index (χ4v) is 2.16. The van der Waals surface area contributed by atoms with Crippen molar-refractivity contribution < 1.29 is 18.7 Å². The number of hydrogen-bond donors (Lipinski definition) is 2. The van der Waals surface area contributed by atoms with Crippen LogP contribution in [0.25, 0.3) is 11.7 Å². The number of anilines is 2. The lowest BCUT2D eigenvalue weighted by molar-refractivity contribution is -0.115. The Labute approximate surface area is 137 Å². The standard InChI is InChI=1S/C16H16N4O4/c21-9-8-20(12-5-2-1-3-6-12)11-14(22)17-16-19-18-15(24-16)13-7-4-10-23-13/h1-7,10,21H,8-9,11H2,(H,17,19,22). The molecule has 2 N–H and O–H groups in total. The summed E-state index contributed by atoms with van der Waals surface area (Å²) in [5.41, 5.74) is 0.837. The van der Waals surface area contributed by atoms with E-state index in [9.17, 15) is 9.90 Å². The molecule has 0 atom stereocenters. The van der Waals surface area contributed by atoms with Gasteiger partial charge in [-0.05, 0) is 24.3 Å². The van der Waals surface area contributed by atoms with Crippen LogP contribution in [0, 0.1) is 0 Å². The van der Waals surface area contributed by atoms with Gasteiger partial charge in [-0.15, -0.1) is 5.10 Å². The highest BCUT2D eigenvalue weighted by Gasteiger charge is 2.15. The van der Waals surface area contributed by atoms with Gasteiger partial charge in [0.15, 0.2) is 5.76 Å². The average Bonchev–Trinajstić information content (AvgIpc) is 3.26. The highest BCUT2D eigenvalue weighted by atomic mass is 16.4. The normalized spacial score (nSPS) is 10.5. The number of nitrogens with zero attached hydrogens (tertiary/aromatic N) is 3. The number of carbonyl (C=O) groups is 1. The molecule has 24 heavy (non-hydrogen) atoms. The van der Waals surface area contributed by atoms with E-state index in [1.165, 1.54) is 6.26 Å². The SMILES string of the molecule is O=C(CN(CCO)c1ccccc1)Nc1nnc(-c2ccco2)o1. The van der Waals surface area contributed by atoms with Gasteiger partial charge < -0.3 is 18.8 Å². The predicted molar refractivity (Wildman–Crippen MR) is 86.4 cm³/mol. The van der Waals surface area contributed by atoms with Crippen LogP contribution in [-0.4, -0.2) is 40.9 Å². The van der Waals surface area contributed by atoms with Crippen molar-refractivity contribution in [2.75, 3.05) is 29.9 Å². The lowest BCUT2D eigenvalue weighted by atomic mass is 10.3. The summed E-state index contributed by atoms with van der Waals surface area (Å²) >= 11 is 0. The van der Waals surface area contributed by atoms with Crippen LogP contribution in [0.4, 0.5) is 11.7 Å². The molecule has 0 unspecified atom stereocenters. The molecule has 0 aliphatic carbocycles. The van der Waals surface area contributed by atoms with Crippen molar-refractivity contribution in [2.24, 2.45) is 0 Å². The molecular weight excluding hydrogens is 312 g/mol.